The van der Waals surface area contributed by atoms with Gasteiger partial charge >= 0.3 is 0 Å². The number of aryl methyl sites for hydroxylation is 1. The summed E-state index contributed by atoms with van der Waals surface area (Å²) in [4.78, 5) is 29.9. The Morgan fingerprint density at radius 1 is 0.804 bits per heavy atom. The summed E-state index contributed by atoms with van der Waals surface area (Å²) < 4.78 is 29.4. The molecule has 0 heterocycles. The van der Waals surface area contributed by atoms with Gasteiger partial charge in [-0.2, -0.15) is 0 Å². The topological polar surface area (TPSA) is 86.8 Å². The first-order valence-electron chi connectivity index (χ1n) is 14.6. The third-order valence-electron chi connectivity index (χ3n) is 7.12. The van der Waals surface area contributed by atoms with Crippen LogP contribution in [-0.4, -0.2) is 43.3 Å². The number of halogens is 3. The number of rotatable bonds is 11. The Morgan fingerprint density at radius 3 is 2.04 bits per heavy atom. The van der Waals surface area contributed by atoms with Crippen molar-refractivity contribution in [3.8, 4) is 0 Å². The molecule has 0 aromatic heterocycles. The zero-order valence-electron chi connectivity index (χ0n) is 26.0. The van der Waals surface area contributed by atoms with Crippen molar-refractivity contribution < 1.29 is 18.0 Å². The van der Waals surface area contributed by atoms with Crippen LogP contribution in [0.4, 0.5) is 5.69 Å². The van der Waals surface area contributed by atoms with Crippen LogP contribution in [0.5, 0.6) is 0 Å². The molecular weight excluding hydrogens is 665 g/mol. The van der Waals surface area contributed by atoms with Gasteiger partial charge in [0.15, 0.2) is 0 Å². The number of carbonyl (C=O) groups is 2. The fourth-order valence-electron chi connectivity index (χ4n) is 4.83. The van der Waals surface area contributed by atoms with E-state index in [0.29, 0.717) is 10.6 Å². The molecule has 0 aliphatic carbocycles. The molecule has 4 rings (SSSR count). The second-order valence-corrected chi connectivity index (χ2v) is 15.1. The zero-order valence-corrected chi connectivity index (χ0v) is 29.1. The van der Waals surface area contributed by atoms with E-state index in [2.05, 4.69) is 5.32 Å². The van der Waals surface area contributed by atoms with Crippen molar-refractivity contribution in [1.82, 2.24) is 10.2 Å². The van der Waals surface area contributed by atoms with Crippen LogP contribution in [0, 0.1) is 6.92 Å². The lowest BCUT2D eigenvalue weighted by Gasteiger charge is -2.35. The fourth-order valence-corrected chi connectivity index (χ4v) is 6.83. The molecule has 242 valence electrons. The van der Waals surface area contributed by atoms with Gasteiger partial charge in [-0.15, -0.1) is 0 Å². The van der Waals surface area contributed by atoms with Gasteiger partial charge in [0.05, 0.1) is 20.6 Å². The number of nitrogens with zero attached hydrogens (tertiary/aromatic N) is 2. The van der Waals surface area contributed by atoms with E-state index in [1.807, 2.05) is 58.0 Å². The summed E-state index contributed by atoms with van der Waals surface area (Å²) in [5.74, 6) is -1.00. The number of amides is 2. The zero-order chi connectivity index (χ0) is 33.6. The quantitative estimate of drug-likeness (QED) is 0.174. The fraction of sp³-hybridized carbons (Fsp3) is 0.257. The van der Waals surface area contributed by atoms with E-state index in [9.17, 15) is 18.0 Å². The molecule has 2 amide bonds. The van der Waals surface area contributed by atoms with Gasteiger partial charge in [0.25, 0.3) is 10.0 Å². The molecule has 7 nitrogen and oxygen atoms in total. The SMILES string of the molecule is Cc1ccc(S(=O)(=O)N(CC(=O)N(Cc2ccc(Cl)cc2)C(Cc2ccccc2)C(=O)NC(C)(C)C)c2cccc(Cl)c2Cl)cc1. The molecule has 0 spiro atoms. The molecule has 11 heteroatoms. The summed E-state index contributed by atoms with van der Waals surface area (Å²) in [5, 5.41) is 3.62. The van der Waals surface area contributed by atoms with Gasteiger partial charge in [-0.1, -0.05) is 101 Å². The van der Waals surface area contributed by atoms with Crippen molar-refractivity contribution in [2.24, 2.45) is 0 Å². The third-order valence-corrected chi connectivity index (χ3v) is 9.96. The standard InChI is InChI=1S/C35H36Cl3N3O4S/c1-24-13-19-28(20-14-24)46(44,45)41(30-12-8-11-29(37)33(30)38)23-32(42)40(22-26-15-17-27(36)18-16-26)31(34(43)39-35(2,3)4)21-25-9-6-5-7-10-25/h5-20,31H,21-23H2,1-4H3,(H,39,43). The average Bonchev–Trinajstić information content (AvgIpc) is 3.00. The molecule has 46 heavy (non-hydrogen) atoms. The number of nitrogens with one attached hydrogen (secondary N) is 1. The van der Waals surface area contributed by atoms with E-state index >= 15 is 0 Å². The number of carbonyl (C=O) groups excluding carboxylic acids is 2. The molecule has 0 aliphatic rings. The second-order valence-electron chi connectivity index (χ2n) is 12.0. The molecule has 0 fully saturated rings. The maximum atomic E-state index is 14.6. The molecule has 0 saturated carbocycles. The first kappa shape index (κ1) is 35.3. The van der Waals surface area contributed by atoms with E-state index < -0.39 is 34.1 Å². The van der Waals surface area contributed by atoms with Gasteiger partial charge in [0.1, 0.15) is 12.6 Å². The summed E-state index contributed by atoms with van der Waals surface area (Å²) >= 11 is 19.0. The molecule has 1 unspecified atom stereocenters. The monoisotopic (exact) mass is 699 g/mol. The number of sulfonamides is 1. The summed E-state index contributed by atoms with van der Waals surface area (Å²) in [6.07, 6.45) is 0.185. The molecule has 0 aliphatic heterocycles. The van der Waals surface area contributed by atoms with Crippen LogP contribution < -0.4 is 9.62 Å². The lowest BCUT2D eigenvalue weighted by atomic mass is 10.0. The normalized spacial score (nSPS) is 12.3. The van der Waals surface area contributed by atoms with E-state index in [1.165, 1.54) is 29.2 Å². The Balaban J connectivity index is 1.84. The van der Waals surface area contributed by atoms with Crippen LogP contribution >= 0.6 is 34.8 Å². The summed E-state index contributed by atoms with van der Waals surface area (Å²) in [5.41, 5.74) is 1.83. The number of hydrogen-bond acceptors (Lipinski definition) is 4. The first-order chi connectivity index (χ1) is 21.7. The Labute approximate surface area is 286 Å². The maximum absolute atomic E-state index is 14.6. The minimum absolute atomic E-state index is 0.00671. The van der Waals surface area contributed by atoms with Crippen molar-refractivity contribution >= 4 is 62.3 Å². The van der Waals surface area contributed by atoms with Crippen molar-refractivity contribution in [2.75, 3.05) is 10.8 Å². The van der Waals surface area contributed by atoms with Gasteiger partial charge in [-0.25, -0.2) is 8.42 Å². The highest BCUT2D eigenvalue weighted by atomic mass is 35.5. The van der Waals surface area contributed by atoms with Gasteiger partial charge in [-0.05, 0) is 75.2 Å². The van der Waals surface area contributed by atoms with E-state index in [4.69, 9.17) is 34.8 Å². The molecule has 4 aromatic carbocycles. The number of hydrogen-bond donors (Lipinski definition) is 1. The van der Waals surface area contributed by atoms with Crippen molar-refractivity contribution in [2.45, 2.75) is 57.1 Å². The van der Waals surface area contributed by atoms with Crippen molar-refractivity contribution in [3.63, 3.8) is 0 Å². The Hall–Kier alpha value is -3.56. The Morgan fingerprint density at radius 2 is 1.43 bits per heavy atom. The smallest absolute Gasteiger partial charge is 0.264 e. The molecule has 1 N–H and O–H groups in total. The van der Waals surface area contributed by atoms with Crippen LogP contribution in [0.15, 0.2) is 102 Å². The van der Waals surface area contributed by atoms with E-state index in [1.54, 1.807) is 42.5 Å². The number of anilines is 1. The van der Waals surface area contributed by atoms with E-state index in [-0.39, 0.29) is 39.5 Å². The maximum Gasteiger partial charge on any atom is 0.264 e. The van der Waals surface area contributed by atoms with Gasteiger partial charge in [0, 0.05) is 23.5 Å². The highest BCUT2D eigenvalue weighted by molar-refractivity contribution is 7.92. The van der Waals surface area contributed by atoms with Crippen LogP contribution in [0.1, 0.15) is 37.5 Å². The minimum atomic E-state index is -4.33. The predicted molar refractivity (Wildman–Crippen MR) is 186 cm³/mol. The summed E-state index contributed by atoms with van der Waals surface area (Å²) in [7, 11) is -4.33. The molecule has 0 radical (unpaired) electrons. The predicted octanol–water partition coefficient (Wildman–Crippen LogP) is 7.71. The number of benzene rings is 4. The van der Waals surface area contributed by atoms with Gasteiger partial charge in [0.2, 0.25) is 11.8 Å². The van der Waals surface area contributed by atoms with Crippen molar-refractivity contribution in [3.05, 3.63) is 129 Å². The lowest BCUT2D eigenvalue weighted by molar-refractivity contribution is -0.140. The van der Waals surface area contributed by atoms with Crippen LogP contribution in [0.25, 0.3) is 0 Å². The highest BCUT2D eigenvalue weighted by Gasteiger charge is 2.36. The molecule has 1 atom stereocenters. The largest absolute Gasteiger partial charge is 0.350 e. The van der Waals surface area contributed by atoms with Crippen LogP contribution in [0.2, 0.25) is 15.1 Å². The highest BCUT2D eigenvalue weighted by Crippen LogP contribution is 2.36. The van der Waals surface area contributed by atoms with Crippen LogP contribution in [0.3, 0.4) is 0 Å². The molecular formula is C35H36Cl3N3O4S. The Kier molecular flexibility index (Phi) is 11.4. The van der Waals surface area contributed by atoms with Gasteiger partial charge < -0.3 is 10.2 Å². The minimum Gasteiger partial charge on any atom is -0.350 e. The molecule has 0 saturated heterocycles. The first-order valence-corrected chi connectivity index (χ1v) is 17.2. The molecule has 0 bridgehead atoms. The average molecular weight is 701 g/mol. The van der Waals surface area contributed by atoms with Crippen LogP contribution in [-0.2, 0) is 32.6 Å². The molecule has 4 aromatic rings. The lowest BCUT2D eigenvalue weighted by Crippen LogP contribution is -2.56. The van der Waals surface area contributed by atoms with Gasteiger partial charge in [-0.3, -0.25) is 13.9 Å². The summed E-state index contributed by atoms with van der Waals surface area (Å²) in [6, 6.07) is 26.1. The van der Waals surface area contributed by atoms with Crippen molar-refractivity contribution in [1.29, 1.82) is 0 Å². The summed E-state index contributed by atoms with van der Waals surface area (Å²) in [6.45, 7) is 6.76. The second kappa shape index (κ2) is 14.9. The third kappa shape index (κ3) is 9.04. The Bertz CT molecular complexity index is 1780. The van der Waals surface area contributed by atoms with E-state index in [0.717, 1.165) is 15.4 Å².